The molecule has 1 heterocycles. The van der Waals surface area contributed by atoms with Crippen LogP contribution in [0.25, 0.3) is 11.0 Å². The molecule has 0 saturated heterocycles. The van der Waals surface area contributed by atoms with E-state index in [1.54, 1.807) is 18.2 Å². The second-order valence-electron chi connectivity index (χ2n) is 9.55. The summed E-state index contributed by atoms with van der Waals surface area (Å²) < 4.78 is 28.2. The van der Waals surface area contributed by atoms with Gasteiger partial charge in [-0.05, 0) is 49.3 Å². The molecule has 0 aliphatic heterocycles. The van der Waals surface area contributed by atoms with E-state index in [1.165, 1.54) is 6.20 Å². The number of carbonyl (C=O) groups is 2. The van der Waals surface area contributed by atoms with Crippen molar-refractivity contribution >= 4 is 22.8 Å². The number of fused-ring (bicyclic) bond motifs is 1. The first-order valence-electron chi connectivity index (χ1n) is 12.1. The van der Waals surface area contributed by atoms with Crippen LogP contribution in [0, 0.1) is 5.92 Å². The van der Waals surface area contributed by atoms with Crippen molar-refractivity contribution in [2.75, 3.05) is 0 Å². The summed E-state index contributed by atoms with van der Waals surface area (Å²) >= 11 is 0. The molecule has 1 saturated carbocycles. The van der Waals surface area contributed by atoms with Crippen LogP contribution in [0.3, 0.4) is 0 Å². The fourth-order valence-corrected chi connectivity index (χ4v) is 5.13. The van der Waals surface area contributed by atoms with Gasteiger partial charge in [0.2, 0.25) is 11.8 Å². The number of nitrogens with zero attached hydrogens (tertiary/aromatic N) is 2. The Hall–Kier alpha value is -3.46. The Kier molecular flexibility index (Phi) is 7.59. The van der Waals surface area contributed by atoms with Crippen molar-refractivity contribution in [3.8, 4) is 0 Å². The summed E-state index contributed by atoms with van der Waals surface area (Å²) in [4.78, 5) is 33.8. The fraction of sp³-hybridized carbons (Fsp3) is 0.407. The first kappa shape index (κ1) is 25.6. The monoisotopic (exact) mass is 496 g/mol. The Morgan fingerprint density at radius 1 is 1.08 bits per heavy atom. The smallest absolute Gasteiger partial charge is 0.272 e. The van der Waals surface area contributed by atoms with Gasteiger partial charge < -0.3 is 16.2 Å². The number of rotatable bonds is 9. The molecular weight excluding hydrogens is 466 g/mol. The highest BCUT2D eigenvalue weighted by Crippen LogP contribution is 2.43. The molecule has 2 aromatic carbocycles. The van der Waals surface area contributed by atoms with Crippen molar-refractivity contribution in [1.82, 2.24) is 15.3 Å². The lowest BCUT2D eigenvalue weighted by Gasteiger charge is -2.47. The van der Waals surface area contributed by atoms with Gasteiger partial charge in [-0.1, -0.05) is 42.5 Å². The summed E-state index contributed by atoms with van der Waals surface area (Å²) in [6, 6.07) is 16.3. The number of carbonyl (C=O) groups excluding carboxylic acids is 2. The molecule has 36 heavy (non-hydrogen) atoms. The zero-order valence-corrected chi connectivity index (χ0v) is 19.9. The van der Waals surface area contributed by atoms with Gasteiger partial charge in [0.05, 0.1) is 28.9 Å². The summed E-state index contributed by atoms with van der Waals surface area (Å²) in [5.74, 6) is -4.41. The molecule has 4 N–H and O–H groups in total. The van der Waals surface area contributed by atoms with Crippen molar-refractivity contribution in [2.24, 2.45) is 11.7 Å². The number of nitrogens with two attached hydrogens (primary N) is 1. The van der Waals surface area contributed by atoms with Gasteiger partial charge in [-0.2, -0.15) is 0 Å². The minimum atomic E-state index is -2.79. The number of alkyl halides is 2. The summed E-state index contributed by atoms with van der Waals surface area (Å²) in [7, 11) is 0. The molecule has 0 spiro atoms. The number of aliphatic hydroxyl groups is 1. The Bertz CT molecular complexity index is 1210. The number of benzene rings is 2. The third kappa shape index (κ3) is 5.84. The lowest BCUT2D eigenvalue weighted by atomic mass is 9.67. The van der Waals surface area contributed by atoms with Crippen molar-refractivity contribution in [3.05, 3.63) is 72.1 Å². The normalized spacial score (nSPS) is 18.3. The van der Waals surface area contributed by atoms with Gasteiger partial charge in [-0.3, -0.25) is 14.6 Å². The van der Waals surface area contributed by atoms with Gasteiger partial charge in [-0.15, -0.1) is 0 Å². The number of aliphatic hydroxyl groups excluding tert-OH is 1. The largest absolute Gasteiger partial charge is 0.391 e. The predicted molar refractivity (Wildman–Crippen MR) is 131 cm³/mol. The highest BCUT2D eigenvalue weighted by atomic mass is 19.3. The average molecular weight is 497 g/mol. The molecule has 0 unspecified atom stereocenters. The number of hydrogen-bond acceptors (Lipinski definition) is 5. The Labute approximate surface area is 208 Å². The standard InChI is InChI=1S/C27H30F2N4O3/c28-26(29)14-12-19(13-15-26)27(23(34)10-11-24(30)35,16-18-6-2-1-3-7-18)33-25(36)22-17-31-20-8-4-5-9-21(20)32-22/h1-9,17,19,23,34H,10-16H2,(H2,30,35)(H,33,36)/t23-,27-/m0/s1. The second kappa shape index (κ2) is 10.7. The van der Waals surface area contributed by atoms with Gasteiger partial charge in [0.15, 0.2) is 0 Å². The molecular formula is C27H30F2N4O3. The quantitative estimate of drug-likeness (QED) is 0.417. The van der Waals surface area contributed by atoms with Crippen LogP contribution in [0.1, 0.15) is 54.6 Å². The van der Waals surface area contributed by atoms with Crippen molar-refractivity contribution in [2.45, 2.75) is 62.5 Å². The number of halogens is 2. The summed E-state index contributed by atoms with van der Waals surface area (Å²) in [6.45, 7) is 0. The number of nitrogens with one attached hydrogen (secondary N) is 1. The molecule has 9 heteroatoms. The summed E-state index contributed by atoms with van der Waals surface area (Å²) in [5.41, 5.74) is 6.05. The van der Waals surface area contributed by atoms with Crippen molar-refractivity contribution < 1.29 is 23.5 Å². The van der Waals surface area contributed by atoms with E-state index in [0.717, 1.165) is 5.56 Å². The molecule has 7 nitrogen and oxygen atoms in total. The van der Waals surface area contributed by atoms with Gasteiger partial charge in [0.1, 0.15) is 5.69 Å². The van der Waals surface area contributed by atoms with Gasteiger partial charge >= 0.3 is 0 Å². The lowest BCUT2D eigenvalue weighted by Crippen LogP contribution is -2.63. The summed E-state index contributed by atoms with van der Waals surface area (Å²) in [6.07, 6.45) is -0.254. The van der Waals surface area contributed by atoms with Crippen LogP contribution in [0.15, 0.2) is 60.8 Å². The Balaban J connectivity index is 1.73. The first-order valence-corrected chi connectivity index (χ1v) is 12.1. The van der Waals surface area contributed by atoms with Gasteiger partial charge in [-0.25, -0.2) is 13.8 Å². The zero-order chi connectivity index (χ0) is 25.8. The maximum atomic E-state index is 14.1. The SMILES string of the molecule is NC(=O)CC[C@H](O)[C@@](Cc1ccccc1)(NC(=O)c1cnc2ccccc2n1)C1CCC(F)(F)CC1. The number of hydrogen-bond donors (Lipinski definition) is 3. The van der Waals surface area contributed by atoms with E-state index in [4.69, 9.17) is 5.73 Å². The highest BCUT2D eigenvalue weighted by Gasteiger charge is 2.50. The lowest BCUT2D eigenvalue weighted by molar-refractivity contribution is -0.119. The van der Waals surface area contributed by atoms with Crippen molar-refractivity contribution in [1.29, 1.82) is 0 Å². The molecule has 1 fully saturated rings. The molecule has 0 radical (unpaired) electrons. The maximum absolute atomic E-state index is 14.1. The molecule has 0 bridgehead atoms. The fourth-order valence-electron chi connectivity index (χ4n) is 5.13. The van der Waals surface area contributed by atoms with Crippen LogP contribution in [0.5, 0.6) is 0 Å². The van der Waals surface area contributed by atoms with E-state index in [9.17, 15) is 23.5 Å². The third-order valence-corrected chi connectivity index (χ3v) is 7.07. The van der Waals surface area contributed by atoms with Crippen LogP contribution in [-0.4, -0.2) is 44.5 Å². The van der Waals surface area contributed by atoms with Crippen LogP contribution in [0.4, 0.5) is 8.78 Å². The minimum Gasteiger partial charge on any atom is -0.391 e. The Morgan fingerprint density at radius 3 is 2.39 bits per heavy atom. The maximum Gasteiger partial charge on any atom is 0.272 e. The van der Waals surface area contributed by atoms with Gasteiger partial charge in [0, 0.05) is 19.3 Å². The average Bonchev–Trinajstić information content (AvgIpc) is 2.87. The zero-order valence-electron chi connectivity index (χ0n) is 19.9. The van der Waals surface area contributed by atoms with E-state index in [1.807, 2.05) is 36.4 Å². The summed E-state index contributed by atoms with van der Waals surface area (Å²) in [5, 5.41) is 14.5. The van der Waals surface area contributed by atoms with E-state index < -0.39 is 35.3 Å². The predicted octanol–water partition coefficient (Wildman–Crippen LogP) is 3.79. The van der Waals surface area contributed by atoms with Crippen LogP contribution >= 0.6 is 0 Å². The van der Waals surface area contributed by atoms with E-state index in [-0.39, 0.29) is 50.6 Å². The molecule has 190 valence electrons. The third-order valence-electron chi connectivity index (χ3n) is 7.07. The Morgan fingerprint density at radius 2 is 1.72 bits per heavy atom. The van der Waals surface area contributed by atoms with Crippen LogP contribution in [-0.2, 0) is 11.2 Å². The minimum absolute atomic E-state index is 0.0151. The molecule has 1 aromatic heterocycles. The van der Waals surface area contributed by atoms with Crippen LogP contribution in [0.2, 0.25) is 0 Å². The molecule has 1 aliphatic rings. The number of aromatic nitrogens is 2. The molecule has 1 aliphatic carbocycles. The van der Waals surface area contributed by atoms with E-state index >= 15 is 0 Å². The topological polar surface area (TPSA) is 118 Å². The number of amides is 2. The molecule has 2 atom stereocenters. The second-order valence-corrected chi connectivity index (χ2v) is 9.55. The molecule has 2 amide bonds. The molecule has 4 rings (SSSR count). The van der Waals surface area contributed by atoms with E-state index in [2.05, 4.69) is 15.3 Å². The highest BCUT2D eigenvalue weighted by molar-refractivity contribution is 5.94. The van der Waals surface area contributed by atoms with Gasteiger partial charge in [0.25, 0.3) is 5.91 Å². The van der Waals surface area contributed by atoms with E-state index in [0.29, 0.717) is 11.0 Å². The first-order chi connectivity index (χ1) is 17.2. The molecule has 3 aromatic rings. The van der Waals surface area contributed by atoms with Crippen molar-refractivity contribution in [3.63, 3.8) is 0 Å². The number of primary amides is 1. The van der Waals surface area contributed by atoms with Crippen LogP contribution < -0.4 is 11.1 Å². The number of para-hydroxylation sites is 2.